The molecule has 0 aliphatic rings. The summed E-state index contributed by atoms with van der Waals surface area (Å²) < 4.78 is 5.22. The standard InChI is InChI=1S/C15H18N2O3S/c1-11(14(18)17(2)10-6-9-16)20-15(19)12-7-4-5-8-13(12)21-3/h4-5,7-8,11H,6,10H2,1-3H3/t11-/m0/s1. The molecule has 0 N–H and O–H groups in total. The van der Waals surface area contributed by atoms with E-state index in [2.05, 4.69) is 0 Å². The maximum atomic E-state index is 12.1. The van der Waals surface area contributed by atoms with E-state index < -0.39 is 12.1 Å². The van der Waals surface area contributed by atoms with Crippen molar-refractivity contribution in [3.05, 3.63) is 29.8 Å². The van der Waals surface area contributed by atoms with E-state index >= 15 is 0 Å². The Labute approximate surface area is 128 Å². The van der Waals surface area contributed by atoms with Crippen LogP contribution in [-0.4, -0.2) is 42.7 Å². The molecule has 0 fully saturated rings. The van der Waals surface area contributed by atoms with E-state index in [-0.39, 0.29) is 12.3 Å². The van der Waals surface area contributed by atoms with Crippen LogP contribution in [-0.2, 0) is 9.53 Å². The molecule has 1 atom stereocenters. The average Bonchev–Trinajstić information content (AvgIpc) is 2.51. The maximum absolute atomic E-state index is 12.1. The van der Waals surface area contributed by atoms with Crippen molar-refractivity contribution in [2.24, 2.45) is 0 Å². The molecule has 5 nitrogen and oxygen atoms in total. The van der Waals surface area contributed by atoms with Crippen LogP contribution in [0.1, 0.15) is 23.7 Å². The number of amides is 1. The van der Waals surface area contributed by atoms with Gasteiger partial charge in [-0.3, -0.25) is 4.79 Å². The molecule has 21 heavy (non-hydrogen) atoms. The van der Waals surface area contributed by atoms with Gasteiger partial charge in [-0.1, -0.05) is 12.1 Å². The number of ether oxygens (including phenoxy) is 1. The van der Waals surface area contributed by atoms with Crippen LogP contribution >= 0.6 is 11.8 Å². The molecule has 0 aromatic heterocycles. The molecule has 0 bridgehead atoms. The van der Waals surface area contributed by atoms with Gasteiger partial charge in [0.25, 0.3) is 5.91 Å². The number of thioether (sulfide) groups is 1. The molecule has 0 aliphatic carbocycles. The molecule has 0 radical (unpaired) electrons. The van der Waals surface area contributed by atoms with Gasteiger partial charge in [0.15, 0.2) is 6.10 Å². The van der Waals surface area contributed by atoms with Crippen LogP contribution in [0.4, 0.5) is 0 Å². The first-order valence-corrected chi connectivity index (χ1v) is 7.69. The van der Waals surface area contributed by atoms with Crippen LogP contribution in [0, 0.1) is 11.3 Å². The lowest BCUT2D eigenvalue weighted by Gasteiger charge is -2.20. The summed E-state index contributed by atoms with van der Waals surface area (Å²) in [4.78, 5) is 26.3. The highest BCUT2D eigenvalue weighted by molar-refractivity contribution is 7.98. The number of hydrogen-bond acceptors (Lipinski definition) is 5. The van der Waals surface area contributed by atoms with Crippen molar-refractivity contribution in [1.82, 2.24) is 4.90 Å². The van der Waals surface area contributed by atoms with E-state index in [9.17, 15) is 9.59 Å². The van der Waals surface area contributed by atoms with Crippen molar-refractivity contribution in [1.29, 1.82) is 5.26 Å². The molecule has 6 heteroatoms. The van der Waals surface area contributed by atoms with Crippen LogP contribution in [0.3, 0.4) is 0 Å². The summed E-state index contributed by atoms with van der Waals surface area (Å²) in [7, 11) is 1.58. The van der Waals surface area contributed by atoms with E-state index in [0.29, 0.717) is 12.1 Å². The minimum atomic E-state index is -0.879. The second-order valence-electron chi connectivity index (χ2n) is 4.42. The predicted octanol–water partition coefficient (Wildman–Crippen LogP) is 2.33. The zero-order valence-corrected chi connectivity index (χ0v) is 13.1. The van der Waals surface area contributed by atoms with Crippen molar-refractivity contribution in [2.75, 3.05) is 19.8 Å². The Kier molecular flexibility index (Phi) is 6.76. The number of benzene rings is 1. The van der Waals surface area contributed by atoms with E-state index in [0.717, 1.165) is 4.90 Å². The SMILES string of the molecule is CSc1ccccc1C(=O)O[C@@H](C)C(=O)N(C)CCC#N. The van der Waals surface area contributed by atoms with Crippen LogP contribution in [0.25, 0.3) is 0 Å². The minimum Gasteiger partial charge on any atom is -0.449 e. The summed E-state index contributed by atoms with van der Waals surface area (Å²) in [6.45, 7) is 1.85. The van der Waals surface area contributed by atoms with Gasteiger partial charge >= 0.3 is 5.97 Å². The summed E-state index contributed by atoms with van der Waals surface area (Å²) in [6, 6.07) is 9.06. The summed E-state index contributed by atoms with van der Waals surface area (Å²) in [5.41, 5.74) is 0.448. The average molecular weight is 306 g/mol. The number of hydrogen-bond donors (Lipinski definition) is 0. The number of nitriles is 1. The molecule has 0 saturated heterocycles. The monoisotopic (exact) mass is 306 g/mol. The fourth-order valence-electron chi connectivity index (χ4n) is 1.73. The lowest BCUT2D eigenvalue weighted by atomic mass is 10.2. The highest BCUT2D eigenvalue weighted by Crippen LogP contribution is 2.21. The highest BCUT2D eigenvalue weighted by Gasteiger charge is 2.23. The van der Waals surface area contributed by atoms with E-state index in [1.807, 2.05) is 24.5 Å². The van der Waals surface area contributed by atoms with Gasteiger partial charge in [-0.2, -0.15) is 5.26 Å². The van der Waals surface area contributed by atoms with Gasteiger partial charge in [-0.25, -0.2) is 4.79 Å². The molecule has 1 amide bonds. The second kappa shape index (κ2) is 8.32. The quantitative estimate of drug-likeness (QED) is 0.596. The van der Waals surface area contributed by atoms with Gasteiger partial charge < -0.3 is 9.64 Å². The first kappa shape index (κ1) is 17.1. The molecule has 0 spiro atoms. The van der Waals surface area contributed by atoms with Crippen LogP contribution in [0.2, 0.25) is 0 Å². The summed E-state index contributed by atoms with van der Waals surface area (Å²) >= 11 is 1.44. The third-order valence-electron chi connectivity index (χ3n) is 2.89. The minimum absolute atomic E-state index is 0.248. The number of carbonyl (C=O) groups excluding carboxylic acids is 2. The van der Waals surface area contributed by atoms with Gasteiger partial charge in [-0.15, -0.1) is 11.8 Å². The Balaban J connectivity index is 2.70. The van der Waals surface area contributed by atoms with Gasteiger partial charge in [0.2, 0.25) is 0 Å². The first-order chi connectivity index (χ1) is 10.0. The lowest BCUT2D eigenvalue weighted by Crippen LogP contribution is -2.38. The van der Waals surface area contributed by atoms with Gasteiger partial charge in [-0.05, 0) is 25.3 Å². The molecular formula is C15H18N2O3S. The van der Waals surface area contributed by atoms with Crippen molar-refractivity contribution >= 4 is 23.6 Å². The molecule has 1 aromatic carbocycles. The van der Waals surface area contributed by atoms with Crippen molar-refractivity contribution in [2.45, 2.75) is 24.3 Å². The Bertz CT molecular complexity index is 554. The van der Waals surface area contributed by atoms with E-state index in [4.69, 9.17) is 10.00 Å². The van der Waals surface area contributed by atoms with E-state index in [1.54, 1.807) is 19.2 Å². The molecule has 0 aliphatic heterocycles. The van der Waals surface area contributed by atoms with Gasteiger partial charge in [0, 0.05) is 18.5 Å². The summed E-state index contributed by atoms with van der Waals surface area (Å²) in [5.74, 6) is -0.838. The molecular weight excluding hydrogens is 288 g/mol. The maximum Gasteiger partial charge on any atom is 0.340 e. The molecule has 112 valence electrons. The molecule has 1 rings (SSSR count). The third kappa shape index (κ3) is 4.80. The van der Waals surface area contributed by atoms with Gasteiger partial charge in [0.1, 0.15) is 0 Å². The number of likely N-dealkylation sites (N-methyl/N-ethyl adjacent to an activating group) is 1. The number of nitrogens with zero attached hydrogens (tertiary/aromatic N) is 2. The van der Waals surface area contributed by atoms with E-state index in [1.165, 1.54) is 23.6 Å². The molecule has 0 unspecified atom stereocenters. The van der Waals surface area contributed by atoms with Crippen LogP contribution in [0.5, 0.6) is 0 Å². The third-order valence-corrected chi connectivity index (χ3v) is 3.69. The second-order valence-corrected chi connectivity index (χ2v) is 5.26. The van der Waals surface area contributed by atoms with Crippen molar-refractivity contribution in [3.8, 4) is 6.07 Å². The Morgan fingerprint density at radius 2 is 2.10 bits per heavy atom. The summed E-state index contributed by atoms with van der Waals surface area (Å²) in [5, 5.41) is 8.51. The van der Waals surface area contributed by atoms with Crippen LogP contribution < -0.4 is 0 Å². The summed E-state index contributed by atoms with van der Waals surface area (Å²) in [6.07, 6.45) is 1.24. The molecule has 1 aromatic rings. The zero-order valence-electron chi connectivity index (χ0n) is 12.3. The Morgan fingerprint density at radius 3 is 2.71 bits per heavy atom. The highest BCUT2D eigenvalue weighted by atomic mass is 32.2. The normalized spacial score (nSPS) is 11.3. The zero-order chi connectivity index (χ0) is 15.8. The van der Waals surface area contributed by atoms with Crippen LogP contribution in [0.15, 0.2) is 29.2 Å². The Hall–Kier alpha value is -2.00. The van der Waals surface area contributed by atoms with Crippen molar-refractivity contribution in [3.63, 3.8) is 0 Å². The van der Waals surface area contributed by atoms with Gasteiger partial charge in [0.05, 0.1) is 18.1 Å². The fourth-order valence-corrected chi connectivity index (χ4v) is 2.31. The smallest absolute Gasteiger partial charge is 0.340 e. The number of rotatable bonds is 6. The number of carbonyl (C=O) groups is 2. The predicted molar refractivity (Wildman–Crippen MR) is 81.0 cm³/mol. The topological polar surface area (TPSA) is 70.4 Å². The number of esters is 1. The largest absolute Gasteiger partial charge is 0.449 e. The molecule has 0 saturated carbocycles. The first-order valence-electron chi connectivity index (χ1n) is 6.47. The fraction of sp³-hybridized carbons (Fsp3) is 0.400. The molecule has 0 heterocycles. The Morgan fingerprint density at radius 1 is 1.43 bits per heavy atom. The lowest BCUT2D eigenvalue weighted by molar-refractivity contribution is -0.138. The van der Waals surface area contributed by atoms with Crippen molar-refractivity contribution < 1.29 is 14.3 Å².